The van der Waals surface area contributed by atoms with Gasteiger partial charge in [0.15, 0.2) is 0 Å². The Morgan fingerprint density at radius 3 is 2.59 bits per heavy atom. The van der Waals surface area contributed by atoms with Gasteiger partial charge in [-0.25, -0.2) is 0 Å². The molecule has 0 aromatic heterocycles. The normalized spacial score (nSPS) is 13.1. The summed E-state index contributed by atoms with van der Waals surface area (Å²) >= 11 is 9.31. The molecule has 7 heteroatoms. The van der Waals surface area contributed by atoms with Gasteiger partial charge in [-0.15, -0.1) is 0 Å². The molecule has 3 nitrogen and oxygen atoms in total. The number of thiol groups is 1. The Labute approximate surface area is 123 Å². The molecule has 0 saturated heterocycles. The first-order valence-corrected chi connectivity index (χ1v) is 9.67. The van der Waals surface area contributed by atoms with E-state index in [9.17, 15) is 4.89 Å². The van der Waals surface area contributed by atoms with Crippen molar-refractivity contribution in [3.05, 3.63) is 29.8 Å². The summed E-state index contributed by atoms with van der Waals surface area (Å²) in [7, 11) is 0. The fraction of sp³-hybridized carbons (Fsp3) is 0.400. The summed E-state index contributed by atoms with van der Waals surface area (Å²) in [4.78, 5) is 9.39. The third-order valence-electron chi connectivity index (χ3n) is 1.99. The summed E-state index contributed by atoms with van der Waals surface area (Å²) in [5.41, 5.74) is -1.84. The molecule has 0 radical (unpaired) electrons. The molecule has 0 spiro atoms. The van der Waals surface area contributed by atoms with Crippen LogP contribution >= 0.6 is 17.9 Å². The number of unbranched alkanes of at least 4 members (excludes halogenated alkanes) is 1. The predicted molar refractivity (Wildman–Crippen MR) is 71.9 cm³/mol. The van der Waals surface area contributed by atoms with Gasteiger partial charge in [-0.05, 0) is 36.3 Å². The van der Waals surface area contributed by atoms with E-state index in [-0.39, 0.29) is 0 Å². The molecular weight excluding hydrogens is 359 g/mol. The van der Waals surface area contributed by atoms with Crippen molar-refractivity contribution in [3.8, 4) is 5.75 Å². The summed E-state index contributed by atoms with van der Waals surface area (Å²) in [5, 5.41) is 0. The van der Waals surface area contributed by atoms with E-state index < -0.39 is 5.69 Å². The third kappa shape index (κ3) is 8.23. The van der Waals surface area contributed by atoms with Crippen molar-refractivity contribution in [1.29, 1.82) is 0 Å². The SMILES string of the molecule is CCCCc1ccccc1OP(O)(=S)S.[O]=[Mo]. The van der Waals surface area contributed by atoms with Gasteiger partial charge in [0, 0.05) is 0 Å². The molecule has 1 unspecified atom stereocenters. The molecule has 0 saturated carbocycles. The molecule has 1 aromatic carbocycles. The molecule has 96 valence electrons. The van der Waals surface area contributed by atoms with Crippen LogP contribution in [0, 0.1) is 0 Å². The van der Waals surface area contributed by atoms with E-state index in [0.717, 1.165) is 24.8 Å². The van der Waals surface area contributed by atoms with Crippen molar-refractivity contribution in [3.63, 3.8) is 0 Å². The summed E-state index contributed by atoms with van der Waals surface area (Å²) in [6, 6.07) is 7.63. The molecule has 1 atom stereocenters. The number of hydrogen-bond donors (Lipinski definition) is 2. The van der Waals surface area contributed by atoms with Gasteiger partial charge in [0.2, 0.25) is 0 Å². The van der Waals surface area contributed by atoms with Gasteiger partial charge in [0.05, 0.1) is 0 Å². The van der Waals surface area contributed by atoms with Crippen LogP contribution < -0.4 is 4.52 Å². The Balaban J connectivity index is 0.00000121. The van der Waals surface area contributed by atoms with Crippen LogP contribution in [0.25, 0.3) is 0 Å². The van der Waals surface area contributed by atoms with E-state index in [4.69, 9.17) is 19.7 Å². The Morgan fingerprint density at radius 2 is 2.06 bits per heavy atom. The van der Waals surface area contributed by atoms with E-state index in [0.29, 0.717) is 25.5 Å². The molecule has 0 fully saturated rings. The summed E-state index contributed by atoms with van der Waals surface area (Å²) < 4.78 is 13.5. The quantitative estimate of drug-likeness (QED) is 0.471. The monoisotopic (exact) mass is 376 g/mol. The second-order valence-corrected chi connectivity index (χ2v) is 8.38. The maximum atomic E-state index is 9.39. The van der Waals surface area contributed by atoms with Gasteiger partial charge >= 0.3 is 23.2 Å². The molecule has 0 aliphatic carbocycles. The van der Waals surface area contributed by atoms with Crippen LogP contribution in [0.2, 0.25) is 0 Å². The van der Waals surface area contributed by atoms with Crippen LogP contribution in [0.1, 0.15) is 25.3 Å². The molecular formula is C10H15MoO3PS2. The number of rotatable bonds is 5. The molecule has 17 heavy (non-hydrogen) atoms. The van der Waals surface area contributed by atoms with Crippen molar-refractivity contribution >= 4 is 29.7 Å². The van der Waals surface area contributed by atoms with Gasteiger partial charge in [-0.3, -0.25) is 0 Å². The molecule has 1 N–H and O–H groups in total. The topological polar surface area (TPSA) is 46.5 Å². The number of aryl methyl sites for hydroxylation is 1. The summed E-state index contributed by atoms with van der Waals surface area (Å²) in [6.07, 6.45) is 3.17. The Hall–Kier alpha value is 0.468. The first-order chi connectivity index (χ1) is 8.03. The molecule has 0 bridgehead atoms. The minimum atomic E-state index is -2.92. The van der Waals surface area contributed by atoms with Crippen molar-refractivity contribution in [2.45, 2.75) is 26.2 Å². The fourth-order valence-corrected chi connectivity index (χ4v) is 2.23. The number of para-hydroxylation sites is 1. The van der Waals surface area contributed by atoms with Crippen LogP contribution in [0.5, 0.6) is 5.75 Å². The van der Waals surface area contributed by atoms with Crippen molar-refractivity contribution in [2.75, 3.05) is 0 Å². The average Bonchev–Trinajstić information content (AvgIpc) is 2.29. The van der Waals surface area contributed by atoms with Crippen LogP contribution in [0.4, 0.5) is 0 Å². The van der Waals surface area contributed by atoms with Crippen molar-refractivity contribution < 1.29 is 32.6 Å². The third-order valence-corrected chi connectivity index (χ3v) is 2.89. The Bertz CT molecular complexity index is 384. The Kier molecular flexibility index (Phi) is 9.66. The fourth-order valence-electron chi connectivity index (χ4n) is 1.29. The van der Waals surface area contributed by atoms with E-state index in [1.54, 1.807) is 0 Å². The van der Waals surface area contributed by atoms with E-state index >= 15 is 0 Å². The van der Waals surface area contributed by atoms with Gasteiger partial charge < -0.3 is 9.42 Å². The second-order valence-electron chi connectivity index (χ2n) is 3.29. The van der Waals surface area contributed by atoms with Crippen LogP contribution in [0.3, 0.4) is 0 Å². The second kappa shape index (κ2) is 9.41. The van der Waals surface area contributed by atoms with Crippen LogP contribution in [-0.2, 0) is 41.4 Å². The Morgan fingerprint density at radius 1 is 1.47 bits per heavy atom. The first-order valence-electron chi connectivity index (χ1n) is 5.02. The van der Waals surface area contributed by atoms with Gasteiger partial charge in [-0.2, -0.15) is 0 Å². The molecule has 0 heterocycles. The van der Waals surface area contributed by atoms with E-state index in [2.05, 4.69) is 19.2 Å². The van der Waals surface area contributed by atoms with Crippen LogP contribution in [-0.4, -0.2) is 4.89 Å². The van der Waals surface area contributed by atoms with Gasteiger partial charge in [-0.1, -0.05) is 43.8 Å². The summed E-state index contributed by atoms with van der Waals surface area (Å²) in [5.74, 6) is 0.659. The molecule has 0 amide bonds. The molecule has 1 rings (SSSR count). The van der Waals surface area contributed by atoms with Crippen LogP contribution in [0.15, 0.2) is 24.3 Å². The average molecular weight is 374 g/mol. The van der Waals surface area contributed by atoms with E-state index in [1.807, 2.05) is 24.3 Å². The first kappa shape index (κ1) is 17.5. The maximum absolute atomic E-state index is 9.39. The molecule has 0 aliphatic heterocycles. The zero-order valence-corrected chi connectivity index (χ0v) is 14.0. The minimum absolute atomic E-state index is 0.659. The van der Waals surface area contributed by atoms with E-state index in [1.165, 1.54) is 0 Å². The summed E-state index contributed by atoms with van der Waals surface area (Å²) in [6.45, 7) is 2.14. The zero-order chi connectivity index (χ0) is 13.3. The predicted octanol–water partition coefficient (Wildman–Crippen LogP) is 3.43. The number of hydrogen-bond acceptors (Lipinski definition) is 3. The van der Waals surface area contributed by atoms with Crippen molar-refractivity contribution in [2.24, 2.45) is 0 Å². The number of benzene rings is 1. The zero-order valence-electron chi connectivity index (χ0n) is 9.41. The standard InChI is InChI=1S/C10H15O2PS2.Mo.O/c1-2-3-6-9-7-4-5-8-10(9)12-13(11,14)15;;/h4-5,7-8H,2-3,6H2,1H3,(H2,11,14,15);;. The van der Waals surface area contributed by atoms with Gasteiger partial charge in [0.25, 0.3) is 5.69 Å². The van der Waals surface area contributed by atoms with Crippen molar-refractivity contribution in [1.82, 2.24) is 0 Å². The molecule has 0 aliphatic rings. The van der Waals surface area contributed by atoms with Gasteiger partial charge in [0.1, 0.15) is 5.75 Å². The molecule has 1 aromatic rings.